The normalized spacial score (nSPS) is 13.4. The number of benzene rings is 1. The number of rotatable bonds is 6. The Morgan fingerprint density at radius 2 is 1.80 bits per heavy atom. The molecular weight excluding hydrogens is 346 g/mol. The van der Waals surface area contributed by atoms with Gasteiger partial charge in [-0.05, 0) is 35.1 Å². The van der Waals surface area contributed by atoms with Crippen LogP contribution in [0.5, 0.6) is 11.5 Å². The lowest BCUT2D eigenvalue weighted by molar-refractivity contribution is -0.150. The molecule has 1 N–H and O–H groups in total. The highest BCUT2D eigenvalue weighted by Crippen LogP contribution is 2.45. The fourth-order valence-corrected chi connectivity index (χ4v) is 2.51. The van der Waals surface area contributed by atoms with Crippen molar-refractivity contribution in [2.45, 2.75) is 18.4 Å². The van der Waals surface area contributed by atoms with Gasteiger partial charge in [-0.2, -0.15) is 8.78 Å². The van der Waals surface area contributed by atoms with Crippen molar-refractivity contribution in [1.29, 1.82) is 0 Å². The molecule has 0 heterocycles. The van der Waals surface area contributed by atoms with E-state index in [1.54, 1.807) is 0 Å². The summed E-state index contributed by atoms with van der Waals surface area (Å²) in [5.41, 5.74) is -0.0898. The molecule has 1 atom stereocenters. The van der Waals surface area contributed by atoms with E-state index in [1.165, 1.54) is 33.4 Å². The summed E-state index contributed by atoms with van der Waals surface area (Å²) < 4.78 is 62.6. The maximum absolute atomic E-state index is 13.6. The van der Waals surface area contributed by atoms with E-state index in [4.69, 9.17) is 9.47 Å². The molecule has 0 aromatic heterocycles. The zero-order valence-electron chi connectivity index (χ0n) is 11.0. The Kier molecular flexibility index (Phi) is 5.64. The fourth-order valence-electron chi connectivity index (χ4n) is 1.83. The van der Waals surface area contributed by atoms with Crippen LogP contribution in [0.15, 0.2) is 16.6 Å². The first kappa shape index (κ1) is 17.0. The SMILES string of the molecule is CNC(c1ccc(OC)c(Br)c1OC)C(F)(F)C(F)F. The zero-order chi connectivity index (χ0) is 15.5. The molecule has 1 rings (SSSR count). The molecule has 0 spiro atoms. The summed E-state index contributed by atoms with van der Waals surface area (Å²) in [4.78, 5) is 0. The van der Waals surface area contributed by atoms with Crippen molar-refractivity contribution >= 4 is 15.9 Å². The molecule has 1 unspecified atom stereocenters. The standard InChI is InChI=1S/C12H14BrF4NO2/c1-18-10(12(16,17)11(14)15)6-4-5-7(19-2)8(13)9(6)20-3/h4-5,10-11,18H,1-3H3. The van der Waals surface area contributed by atoms with Crippen molar-refractivity contribution in [2.75, 3.05) is 21.3 Å². The van der Waals surface area contributed by atoms with Gasteiger partial charge in [0, 0.05) is 5.56 Å². The number of methoxy groups -OCH3 is 2. The second-order valence-corrected chi connectivity index (χ2v) is 4.69. The van der Waals surface area contributed by atoms with Crippen LogP contribution >= 0.6 is 15.9 Å². The second kappa shape index (κ2) is 6.62. The van der Waals surface area contributed by atoms with Crippen LogP contribution in [0.3, 0.4) is 0 Å². The third kappa shape index (κ3) is 3.01. The quantitative estimate of drug-likeness (QED) is 0.786. The minimum atomic E-state index is -4.24. The van der Waals surface area contributed by atoms with E-state index in [0.717, 1.165) is 0 Å². The molecule has 0 aliphatic rings. The predicted octanol–water partition coefficient (Wildman–Crippen LogP) is 3.63. The molecule has 0 radical (unpaired) electrons. The summed E-state index contributed by atoms with van der Waals surface area (Å²) in [6.07, 6.45) is -3.80. The molecule has 0 saturated carbocycles. The van der Waals surface area contributed by atoms with Gasteiger partial charge in [0.25, 0.3) is 0 Å². The van der Waals surface area contributed by atoms with Crippen molar-refractivity contribution in [2.24, 2.45) is 0 Å². The van der Waals surface area contributed by atoms with E-state index in [0.29, 0.717) is 5.75 Å². The van der Waals surface area contributed by atoms with Crippen molar-refractivity contribution in [3.8, 4) is 11.5 Å². The highest BCUT2D eigenvalue weighted by atomic mass is 79.9. The van der Waals surface area contributed by atoms with Gasteiger partial charge < -0.3 is 14.8 Å². The third-order valence-corrected chi connectivity index (χ3v) is 3.54. The lowest BCUT2D eigenvalue weighted by atomic mass is 9.99. The van der Waals surface area contributed by atoms with E-state index in [-0.39, 0.29) is 15.8 Å². The maximum Gasteiger partial charge on any atom is 0.326 e. The average molecular weight is 360 g/mol. The Morgan fingerprint density at radius 3 is 2.20 bits per heavy atom. The molecule has 0 aliphatic heterocycles. The summed E-state index contributed by atoms with van der Waals surface area (Å²) in [5, 5.41) is 2.21. The molecule has 3 nitrogen and oxygen atoms in total. The van der Waals surface area contributed by atoms with E-state index < -0.39 is 18.4 Å². The van der Waals surface area contributed by atoms with Gasteiger partial charge >= 0.3 is 12.3 Å². The van der Waals surface area contributed by atoms with Crippen molar-refractivity contribution < 1.29 is 27.0 Å². The molecule has 1 aromatic carbocycles. The number of halogens is 5. The van der Waals surface area contributed by atoms with Crippen LogP contribution in [0.1, 0.15) is 11.6 Å². The van der Waals surface area contributed by atoms with Gasteiger partial charge in [0.05, 0.1) is 14.2 Å². The van der Waals surface area contributed by atoms with Crippen LogP contribution < -0.4 is 14.8 Å². The van der Waals surface area contributed by atoms with Gasteiger partial charge in [0.15, 0.2) is 0 Å². The number of ether oxygens (including phenoxy) is 2. The average Bonchev–Trinajstić information content (AvgIpc) is 2.39. The van der Waals surface area contributed by atoms with Crippen LogP contribution in [-0.4, -0.2) is 33.6 Å². The van der Waals surface area contributed by atoms with Crippen molar-refractivity contribution in [3.63, 3.8) is 0 Å². The number of nitrogens with one attached hydrogen (secondary N) is 1. The second-order valence-electron chi connectivity index (χ2n) is 3.90. The first-order valence-corrected chi connectivity index (χ1v) is 6.34. The zero-order valence-corrected chi connectivity index (χ0v) is 12.6. The van der Waals surface area contributed by atoms with E-state index in [9.17, 15) is 17.6 Å². The molecule has 114 valence electrons. The topological polar surface area (TPSA) is 30.5 Å². The van der Waals surface area contributed by atoms with Crippen molar-refractivity contribution in [3.05, 3.63) is 22.2 Å². The summed E-state index contributed by atoms with van der Waals surface area (Å²) in [6.45, 7) is 0. The maximum atomic E-state index is 13.6. The Morgan fingerprint density at radius 1 is 1.20 bits per heavy atom. The number of hydrogen-bond donors (Lipinski definition) is 1. The van der Waals surface area contributed by atoms with E-state index >= 15 is 0 Å². The number of hydrogen-bond acceptors (Lipinski definition) is 3. The van der Waals surface area contributed by atoms with Crippen LogP contribution in [-0.2, 0) is 0 Å². The summed E-state index contributed by atoms with van der Waals surface area (Å²) >= 11 is 3.14. The minimum absolute atomic E-state index is 0.0176. The van der Waals surface area contributed by atoms with Gasteiger partial charge in [-0.15, -0.1) is 0 Å². The lowest BCUT2D eigenvalue weighted by Gasteiger charge is -2.28. The van der Waals surface area contributed by atoms with Crippen molar-refractivity contribution in [1.82, 2.24) is 5.32 Å². The minimum Gasteiger partial charge on any atom is -0.495 e. The third-order valence-electron chi connectivity index (χ3n) is 2.79. The molecule has 0 saturated heterocycles. The summed E-state index contributed by atoms with van der Waals surface area (Å²) in [5.74, 6) is -3.87. The predicted molar refractivity (Wildman–Crippen MR) is 70.0 cm³/mol. The Balaban J connectivity index is 3.40. The molecule has 0 bridgehead atoms. The monoisotopic (exact) mass is 359 g/mol. The number of alkyl halides is 4. The molecule has 20 heavy (non-hydrogen) atoms. The molecular formula is C12H14BrF4NO2. The van der Waals surface area contributed by atoms with E-state index in [1.807, 2.05) is 0 Å². The molecule has 8 heteroatoms. The Labute approximate surface area is 122 Å². The van der Waals surface area contributed by atoms with Gasteiger partial charge in [-0.3, -0.25) is 0 Å². The fraction of sp³-hybridized carbons (Fsp3) is 0.500. The van der Waals surface area contributed by atoms with Gasteiger partial charge in [0.2, 0.25) is 0 Å². The lowest BCUT2D eigenvalue weighted by Crippen LogP contribution is -2.41. The Bertz CT molecular complexity index is 471. The van der Waals surface area contributed by atoms with Gasteiger partial charge in [-0.25, -0.2) is 8.78 Å². The summed E-state index contributed by atoms with van der Waals surface area (Å²) in [7, 11) is 3.83. The molecule has 0 amide bonds. The van der Waals surface area contributed by atoms with Crippen LogP contribution in [0, 0.1) is 0 Å². The first-order chi connectivity index (χ1) is 9.31. The van der Waals surface area contributed by atoms with Gasteiger partial charge in [-0.1, -0.05) is 0 Å². The van der Waals surface area contributed by atoms with Crippen LogP contribution in [0.2, 0.25) is 0 Å². The largest absolute Gasteiger partial charge is 0.495 e. The molecule has 1 aromatic rings. The highest BCUT2D eigenvalue weighted by molar-refractivity contribution is 9.10. The molecule has 0 aliphatic carbocycles. The molecule has 0 fully saturated rings. The van der Waals surface area contributed by atoms with Crippen LogP contribution in [0.4, 0.5) is 17.6 Å². The summed E-state index contributed by atoms with van der Waals surface area (Å²) in [6, 6.07) is 0.771. The first-order valence-electron chi connectivity index (χ1n) is 5.54. The van der Waals surface area contributed by atoms with Crippen LogP contribution in [0.25, 0.3) is 0 Å². The van der Waals surface area contributed by atoms with Gasteiger partial charge in [0.1, 0.15) is 22.0 Å². The van der Waals surface area contributed by atoms with E-state index in [2.05, 4.69) is 21.2 Å². The Hall–Kier alpha value is -1.02. The highest BCUT2D eigenvalue weighted by Gasteiger charge is 2.50. The smallest absolute Gasteiger partial charge is 0.326 e.